The Hall–Kier alpha value is -7.68. The van der Waals surface area contributed by atoms with Gasteiger partial charge < -0.3 is 9.64 Å². The zero-order valence-corrected chi connectivity index (χ0v) is 34.1. The molecule has 0 fully saturated rings. The van der Waals surface area contributed by atoms with E-state index >= 15 is 0 Å². The number of ether oxygens (including phenoxy) is 1. The van der Waals surface area contributed by atoms with Crippen LogP contribution in [0.3, 0.4) is 0 Å². The van der Waals surface area contributed by atoms with E-state index < -0.39 is 5.41 Å². The predicted octanol–water partition coefficient (Wildman–Crippen LogP) is 15.9. The lowest BCUT2D eigenvalue weighted by Crippen LogP contribution is -2.32. The molecule has 1 spiro atoms. The Morgan fingerprint density at radius 2 is 0.885 bits per heavy atom. The molecular formula is C59H41NO. The first-order chi connectivity index (χ1) is 30.1. The van der Waals surface area contributed by atoms with E-state index in [1.54, 1.807) is 0 Å². The summed E-state index contributed by atoms with van der Waals surface area (Å²) in [4.78, 5) is 2.36. The molecule has 61 heavy (non-hydrogen) atoms. The predicted molar refractivity (Wildman–Crippen MR) is 254 cm³/mol. The van der Waals surface area contributed by atoms with E-state index in [-0.39, 0.29) is 0 Å². The smallest absolute Gasteiger partial charge is 0.140 e. The molecule has 2 heteroatoms. The van der Waals surface area contributed by atoms with Gasteiger partial charge in [-0.1, -0.05) is 187 Å². The van der Waals surface area contributed by atoms with Gasteiger partial charge in [-0.05, 0) is 106 Å². The van der Waals surface area contributed by atoms with E-state index in [2.05, 4.69) is 231 Å². The first-order valence-electron chi connectivity index (χ1n) is 21.2. The van der Waals surface area contributed by atoms with Gasteiger partial charge in [0.05, 0.1) is 5.41 Å². The molecule has 0 radical (unpaired) electrons. The molecule has 12 rings (SSSR count). The van der Waals surface area contributed by atoms with Gasteiger partial charge in [-0.25, -0.2) is 0 Å². The van der Waals surface area contributed by atoms with Gasteiger partial charge in [0.25, 0.3) is 0 Å². The van der Waals surface area contributed by atoms with Crippen molar-refractivity contribution in [2.45, 2.75) is 19.3 Å². The Morgan fingerprint density at radius 1 is 0.361 bits per heavy atom. The molecular weight excluding hydrogens is 739 g/mol. The lowest BCUT2D eigenvalue weighted by Gasteiger charge is -2.40. The average molecular weight is 780 g/mol. The van der Waals surface area contributed by atoms with Crippen LogP contribution < -0.4 is 9.64 Å². The maximum Gasteiger partial charge on any atom is 0.140 e. The summed E-state index contributed by atoms with van der Waals surface area (Å²) in [5, 5.41) is 4.63. The van der Waals surface area contributed by atoms with E-state index in [1.807, 2.05) is 0 Å². The van der Waals surface area contributed by atoms with Crippen molar-refractivity contribution in [2.75, 3.05) is 4.90 Å². The third-order valence-corrected chi connectivity index (χ3v) is 13.0. The van der Waals surface area contributed by atoms with Gasteiger partial charge in [0.15, 0.2) is 0 Å². The number of fused-ring (bicyclic) bond motifs is 13. The lowest BCUT2D eigenvalue weighted by atomic mass is 9.65. The third-order valence-electron chi connectivity index (χ3n) is 13.0. The summed E-state index contributed by atoms with van der Waals surface area (Å²) in [6.45, 7) is 4.32. The molecule has 0 unspecified atom stereocenters. The summed E-state index contributed by atoms with van der Waals surface area (Å²) in [6.07, 6.45) is 0. The summed E-state index contributed by atoms with van der Waals surface area (Å²) in [5.74, 6) is 1.87. The minimum absolute atomic E-state index is 0.614. The molecule has 2 nitrogen and oxygen atoms in total. The summed E-state index contributed by atoms with van der Waals surface area (Å²) >= 11 is 0. The average Bonchev–Trinajstić information content (AvgIpc) is 3.60. The van der Waals surface area contributed by atoms with Gasteiger partial charge in [-0.15, -0.1) is 0 Å². The van der Waals surface area contributed by atoms with Crippen molar-refractivity contribution in [1.29, 1.82) is 0 Å². The highest BCUT2D eigenvalue weighted by molar-refractivity contribution is 6.02. The van der Waals surface area contributed by atoms with E-state index in [0.29, 0.717) is 0 Å². The second kappa shape index (κ2) is 13.7. The van der Waals surface area contributed by atoms with Crippen molar-refractivity contribution >= 4 is 38.6 Å². The van der Waals surface area contributed by atoms with Crippen LogP contribution in [-0.2, 0) is 5.41 Å². The SMILES string of the molecule is Cc1ccc2c3c(ccc2c1)C1(c2ccccc2-c2c(-c4cccc(N(c5ccccc5)c5ccc(-c6ccccc6)cc5)c4)cccc21)c1ccc2cc(C)ccc2c1O3. The Bertz CT molecular complexity index is 3260. The molecule has 1 aliphatic carbocycles. The van der Waals surface area contributed by atoms with E-state index in [1.165, 1.54) is 77.5 Å². The number of aryl methyl sites for hydroxylation is 2. The van der Waals surface area contributed by atoms with Crippen LogP contribution in [0.4, 0.5) is 17.1 Å². The largest absolute Gasteiger partial charge is 0.455 e. The Kier molecular flexibility index (Phi) is 7.92. The molecule has 0 bridgehead atoms. The van der Waals surface area contributed by atoms with Crippen LogP contribution in [0.1, 0.15) is 33.4 Å². The van der Waals surface area contributed by atoms with Gasteiger partial charge in [0, 0.05) is 39.0 Å². The second-order valence-electron chi connectivity index (χ2n) is 16.6. The summed E-state index contributed by atoms with van der Waals surface area (Å²) in [5.41, 5.74) is 17.4. The summed E-state index contributed by atoms with van der Waals surface area (Å²) < 4.78 is 7.27. The zero-order chi connectivity index (χ0) is 40.7. The normalized spacial score (nSPS) is 13.0. The molecule has 0 aromatic heterocycles. The number of anilines is 3. The fourth-order valence-electron chi connectivity index (χ4n) is 10.3. The van der Waals surface area contributed by atoms with Crippen LogP contribution in [0, 0.1) is 13.8 Å². The van der Waals surface area contributed by atoms with E-state index in [4.69, 9.17) is 4.74 Å². The topological polar surface area (TPSA) is 12.5 Å². The van der Waals surface area contributed by atoms with Crippen LogP contribution in [0.25, 0.3) is 54.9 Å². The van der Waals surface area contributed by atoms with Crippen LogP contribution in [0.15, 0.2) is 212 Å². The quantitative estimate of drug-likeness (QED) is 0.172. The van der Waals surface area contributed by atoms with Crippen LogP contribution in [0.2, 0.25) is 0 Å². The molecule has 1 heterocycles. The van der Waals surface area contributed by atoms with Crippen molar-refractivity contribution in [3.8, 4) is 44.9 Å². The minimum Gasteiger partial charge on any atom is -0.455 e. The van der Waals surface area contributed by atoms with Crippen molar-refractivity contribution in [3.63, 3.8) is 0 Å². The van der Waals surface area contributed by atoms with Crippen molar-refractivity contribution in [1.82, 2.24) is 0 Å². The first-order valence-corrected chi connectivity index (χ1v) is 21.2. The number of nitrogens with zero attached hydrogens (tertiary/aromatic N) is 1. The van der Waals surface area contributed by atoms with Gasteiger partial charge >= 0.3 is 0 Å². The first kappa shape index (κ1) is 35.3. The standard InChI is InChI=1S/C59H41NO/c1-38-23-31-49-43(35-38)27-33-54-57(49)61-58-50-32-24-39(2)36-44(50)28-34-55(58)59(54)52-21-10-9-19-51(52)56-48(20-12-22-53(56)59)42-15-11-18-47(37-42)60(45-16-7-4-8-17-45)46-29-25-41(26-30-46)40-13-5-3-6-14-40/h3-37H,1-2H3. The van der Waals surface area contributed by atoms with E-state index in [0.717, 1.165) is 39.3 Å². The van der Waals surface area contributed by atoms with E-state index in [9.17, 15) is 0 Å². The molecule has 0 atom stereocenters. The lowest BCUT2D eigenvalue weighted by molar-refractivity contribution is 0.447. The minimum atomic E-state index is -0.614. The summed E-state index contributed by atoms with van der Waals surface area (Å²) in [7, 11) is 0. The van der Waals surface area contributed by atoms with Crippen molar-refractivity contribution < 1.29 is 4.74 Å². The van der Waals surface area contributed by atoms with Crippen LogP contribution in [-0.4, -0.2) is 0 Å². The molecule has 0 saturated heterocycles. The molecule has 288 valence electrons. The highest BCUT2D eigenvalue weighted by Gasteiger charge is 2.52. The van der Waals surface area contributed by atoms with Crippen molar-refractivity contribution in [2.24, 2.45) is 0 Å². The highest BCUT2D eigenvalue weighted by atomic mass is 16.5. The molecule has 1 aliphatic heterocycles. The maximum absolute atomic E-state index is 7.27. The monoisotopic (exact) mass is 779 g/mol. The maximum atomic E-state index is 7.27. The van der Waals surface area contributed by atoms with Crippen LogP contribution >= 0.6 is 0 Å². The number of hydrogen-bond donors (Lipinski definition) is 0. The Balaban J connectivity index is 1.09. The van der Waals surface area contributed by atoms with Gasteiger partial charge in [-0.3, -0.25) is 0 Å². The van der Waals surface area contributed by atoms with Gasteiger partial charge in [0.2, 0.25) is 0 Å². The number of hydrogen-bond acceptors (Lipinski definition) is 2. The fraction of sp³-hybridized carbons (Fsp3) is 0.0508. The van der Waals surface area contributed by atoms with Gasteiger partial charge in [0.1, 0.15) is 11.5 Å². The van der Waals surface area contributed by atoms with Gasteiger partial charge in [-0.2, -0.15) is 0 Å². The number of para-hydroxylation sites is 1. The molecule has 2 aliphatic rings. The van der Waals surface area contributed by atoms with Crippen molar-refractivity contribution in [3.05, 3.63) is 246 Å². The third kappa shape index (κ3) is 5.35. The van der Waals surface area contributed by atoms with Crippen LogP contribution in [0.5, 0.6) is 11.5 Å². The highest BCUT2D eigenvalue weighted by Crippen LogP contribution is 2.65. The zero-order valence-electron chi connectivity index (χ0n) is 34.1. The second-order valence-corrected chi connectivity index (χ2v) is 16.6. The molecule has 0 N–H and O–H groups in total. The number of benzene rings is 10. The Morgan fingerprint density at radius 3 is 1.57 bits per heavy atom. The summed E-state index contributed by atoms with van der Waals surface area (Å²) in [6, 6.07) is 77.9. The Labute approximate surface area is 356 Å². The molecule has 0 amide bonds. The molecule has 10 aromatic carbocycles. The molecule has 0 saturated carbocycles. The fourth-order valence-corrected chi connectivity index (χ4v) is 10.3. The molecule has 10 aromatic rings. The number of rotatable bonds is 5.